The summed E-state index contributed by atoms with van der Waals surface area (Å²) in [6.07, 6.45) is 1.40. The van der Waals surface area contributed by atoms with Crippen molar-refractivity contribution in [2.45, 2.75) is 31.7 Å². The number of Topliss-reactive ketones (excluding diaryl/α,β-unsaturated/α-hetero) is 1. The molecule has 178 valence electrons. The number of nitrogens with one attached hydrogen (secondary N) is 2. The van der Waals surface area contributed by atoms with Crippen LogP contribution in [0.25, 0.3) is 11.1 Å². The maximum absolute atomic E-state index is 12.5. The Morgan fingerprint density at radius 2 is 1.62 bits per heavy atom. The first-order valence-corrected chi connectivity index (χ1v) is 11.2. The quantitative estimate of drug-likeness (QED) is 0.300. The molecule has 0 heterocycles. The highest BCUT2D eigenvalue weighted by molar-refractivity contribution is 6.38. The van der Waals surface area contributed by atoms with Crippen molar-refractivity contribution in [1.29, 1.82) is 0 Å². The normalized spacial score (nSPS) is 12.6. The Morgan fingerprint density at radius 1 is 1.00 bits per heavy atom. The summed E-state index contributed by atoms with van der Waals surface area (Å²) >= 11 is 0. The van der Waals surface area contributed by atoms with Crippen LogP contribution in [0.2, 0.25) is 0 Å². The average Bonchev–Trinajstić information content (AvgIpc) is 3.17. The van der Waals surface area contributed by atoms with Gasteiger partial charge in [0.2, 0.25) is 5.78 Å². The number of esters is 1. The first kappa shape index (κ1) is 24.7. The second kappa shape index (κ2) is 11.8. The van der Waals surface area contributed by atoms with Gasteiger partial charge in [0.25, 0.3) is 5.91 Å². The van der Waals surface area contributed by atoms with Crippen molar-refractivity contribution >= 4 is 23.8 Å². The maximum Gasteiger partial charge on any atom is 0.407 e. The highest BCUT2D eigenvalue weighted by Crippen LogP contribution is 2.44. The number of hydrogen-bond donors (Lipinski definition) is 2. The molecule has 0 spiro atoms. The molecule has 8 nitrogen and oxygen atoms in total. The SMILES string of the molecule is C=CCOC(=O)CNC(=O)C(=O)[C@H](CCC)NC(=O)OCC1c2ccccc2-c2ccccc21. The fraction of sp³-hybridized carbons (Fsp3) is 0.308. The molecule has 34 heavy (non-hydrogen) atoms. The zero-order chi connectivity index (χ0) is 24.5. The van der Waals surface area contributed by atoms with Gasteiger partial charge in [0.05, 0.1) is 0 Å². The molecule has 2 N–H and O–H groups in total. The van der Waals surface area contributed by atoms with Crippen LogP contribution in [0.3, 0.4) is 0 Å². The Bertz CT molecular complexity index is 1030. The summed E-state index contributed by atoms with van der Waals surface area (Å²) in [5.41, 5.74) is 4.35. The minimum absolute atomic E-state index is 0.00441. The summed E-state index contributed by atoms with van der Waals surface area (Å²) < 4.78 is 10.2. The van der Waals surface area contributed by atoms with Crippen molar-refractivity contribution in [3.05, 3.63) is 72.3 Å². The third kappa shape index (κ3) is 5.89. The predicted molar refractivity (Wildman–Crippen MR) is 126 cm³/mol. The summed E-state index contributed by atoms with van der Waals surface area (Å²) in [5, 5.41) is 4.70. The lowest BCUT2D eigenvalue weighted by Gasteiger charge is -2.18. The first-order chi connectivity index (χ1) is 16.5. The number of ketones is 1. The highest BCUT2D eigenvalue weighted by Gasteiger charge is 2.30. The zero-order valence-corrected chi connectivity index (χ0v) is 19.0. The van der Waals surface area contributed by atoms with E-state index in [9.17, 15) is 19.2 Å². The van der Waals surface area contributed by atoms with Crippen LogP contribution in [0, 0.1) is 0 Å². The molecule has 0 aliphatic heterocycles. The number of hydrogen-bond acceptors (Lipinski definition) is 6. The summed E-state index contributed by atoms with van der Waals surface area (Å²) in [5.74, 6) is -2.65. The van der Waals surface area contributed by atoms with Crippen molar-refractivity contribution in [1.82, 2.24) is 10.6 Å². The monoisotopic (exact) mass is 464 g/mol. The topological polar surface area (TPSA) is 111 Å². The predicted octanol–water partition coefficient (Wildman–Crippen LogP) is 3.11. The molecule has 0 radical (unpaired) electrons. The number of carbonyl (C=O) groups excluding carboxylic acids is 4. The summed E-state index contributed by atoms with van der Waals surface area (Å²) in [6, 6.07) is 14.9. The Labute approximate surface area is 198 Å². The number of amides is 2. The van der Waals surface area contributed by atoms with E-state index in [-0.39, 0.29) is 25.6 Å². The highest BCUT2D eigenvalue weighted by atomic mass is 16.5. The van der Waals surface area contributed by atoms with Crippen molar-refractivity contribution in [2.75, 3.05) is 19.8 Å². The van der Waals surface area contributed by atoms with Crippen molar-refractivity contribution < 1.29 is 28.7 Å². The van der Waals surface area contributed by atoms with Gasteiger partial charge in [-0.2, -0.15) is 0 Å². The number of fused-ring (bicyclic) bond motifs is 3. The summed E-state index contributed by atoms with van der Waals surface area (Å²) in [7, 11) is 0. The fourth-order valence-electron chi connectivity index (χ4n) is 3.94. The van der Waals surface area contributed by atoms with Gasteiger partial charge in [0.15, 0.2) is 0 Å². The van der Waals surface area contributed by atoms with Crippen LogP contribution in [-0.4, -0.2) is 49.6 Å². The molecular formula is C26H28N2O6. The molecule has 3 rings (SSSR count). The first-order valence-electron chi connectivity index (χ1n) is 11.2. The minimum atomic E-state index is -1.06. The van der Waals surface area contributed by atoms with Crippen molar-refractivity contribution in [2.24, 2.45) is 0 Å². The Kier molecular flexibility index (Phi) is 8.56. The van der Waals surface area contributed by atoms with Crippen molar-refractivity contribution in [3.63, 3.8) is 0 Å². The van der Waals surface area contributed by atoms with E-state index in [2.05, 4.69) is 17.2 Å². The Hall–Kier alpha value is -3.94. The molecule has 0 saturated heterocycles. The van der Waals surface area contributed by atoms with E-state index in [4.69, 9.17) is 9.47 Å². The van der Waals surface area contributed by atoms with Crippen molar-refractivity contribution in [3.8, 4) is 11.1 Å². The number of ether oxygens (including phenoxy) is 2. The molecule has 2 aromatic carbocycles. The van der Waals surface area contributed by atoms with E-state index in [0.29, 0.717) is 6.42 Å². The lowest BCUT2D eigenvalue weighted by Crippen LogP contribution is -2.48. The molecular weight excluding hydrogens is 436 g/mol. The van der Waals surface area contributed by atoms with Gasteiger partial charge in [-0.1, -0.05) is 74.5 Å². The third-order valence-electron chi connectivity index (χ3n) is 5.51. The van der Waals surface area contributed by atoms with Crippen LogP contribution in [0.5, 0.6) is 0 Å². The second-order valence-electron chi connectivity index (χ2n) is 7.83. The number of benzene rings is 2. The lowest BCUT2D eigenvalue weighted by molar-refractivity contribution is -0.144. The molecule has 2 aromatic rings. The van der Waals surface area contributed by atoms with Gasteiger partial charge < -0.3 is 20.1 Å². The van der Waals surface area contributed by atoms with Crippen LogP contribution in [0.1, 0.15) is 36.8 Å². The zero-order valence-electron chi connectivity index (χ0n) is 19.0. The van der Waals surface area contributed by atoms with Gasteiger partial charge in [-0.25, -0.2) is 4.79 Å². The maximum atomic E-state index is 12.5. The number of rotatable bonds is 11. The van der Waals surface area contributed by atoms with Crippen LogP contribution in [0.4, 0.5) is 4.79 Å². The molecule has 0 bridgehead atoms. The van der Waals surface area contributed by atoms with Gasteiger partial charge in [-0.15, -0.1) is 0 Å². The van der Waals surface area contributed by atoms with Gasteiger partial charge in [0, 0.05) is 5.92 Å². The van der Waals surface area contributed by atoms with E-state index < -0.39 is 36.3 Å². The smallest absolute Gasteiger partial charge is 0.407 e. The molecule has 1 aliphatic carbocycles. The number of alkyl carbamates (subject to hydrolysis) is 1. The fourth-order valence-corrected chi connectivity index (χ4v) is 3.94. The standard InChI is InChI=1S/C26H28N2O6/c1-3-9-22(24(30)25(31)27-15-23(29)33-14-4-2)28-26(32)34-16-21-19-12-7-5-10-17(19)18-11-6-8-13-20(18)21/h4-8,10-13,21-22H,2-3,9,14-16H2,1H3,(H,27,31)(H,28,32)/t22-/m0/s1. The molecule has 0 unspecified atom stereocenters. The third-order valence-corrected chi connectivity index (χ3v) is 5.51. The van der Waals surface area contributed by atoms with E-state index in [1.807, 2.05) is 55.5 Å². The average molecular weight is 465 g/mol. The molecule has 8 heteroatoms. The van der Waals surface area contributed by atoms with Gasteiger partial charge >= 0.3 is 12.1 Å². The van der Waals surface area contributed by atoms with Gasteiger partial charge in [-0.3, -0.25) is 14.4 Å². The van der Waals surface area contributed by atoms with Crippen LogP contribution in [-0.2, 0) is 23.9 Å². The van der Waals surface area contributed by atoms with E-state index in [0.717, 1.165) is 22.3 Å². The van der Waals surface area contributed by atoms with E-state index >= 15 is 0 Å². The molecule has 0 saturated carbocycles. The Morgan fingerprint density at radius 3 is 2.21 bits per heavy atom. The van der Waals surface area contributed by atoms with Gasteiger partial charge in [0.1, 0.15) is 25.8 Å². The van der Waals surface area contributed by atoms with E-state index in [1.54, 1.807) is 0 Å². The molecule has 0 aromatic heterocycles. The molecule has 0 fully saturated rings. The van der Waals surface area contributed by atoms with Gasteiger partial charge in [-0.05, 0) is 28.7 Å². The Balaban J connectivity index is 1.58. The molecule has 1 atom stereocenters. The largest absolute Gasteiger partial charge is 0.460 e. The van der Waals surface area contributed by atoms with Crippen LogP contribution in [0.15, 0.2) is 61.2 Å². The second-order valence-corrected chi connectivity index (χ2v) is 7.83. The lowest BCUT2D eigenvalue weighted by atomic mass is 9.98. The minimum Gasteiger partial charge on any atom is -0.460 e. The van der Waals surface area contributed by atoms with E-state index in [1.165, 1.54) is 6.08 Å². The number of carbonyl (C=O) groups is 4. The van der Waals surface area contributed by atoms with Crippen LogP contribution < -0.4 is 10.6 Å². The molecule has 2 amide bonds. The molecule has 1 aliphatic rings. The summed E-state index contributed by atoms with van der Waals surface area (Å²) in [6.45, 7) is 4.88. The van der Waals surface area contributed by atoms with Crippen LogP contribution >= 0.6 is 0 Å². The summed E-state index contributed by atoms with van der Waals surface area (Å²) in [4.78, 5) is 48.7.